The molecule has 5 heteroatoms. The molecule has 1 aliphatic carbocycles. The Bertz CT molecular complexity index is 419. The third-order valence-electron chi connectivity index (χ3n) is 4.54. The van der Waals surface area contributed by atoms with E-state index in [1.165, 1.54) is 19.3 Å². The van der Waals surface area contributed by atoms with Crippen LogP contribution in [0.5, 0.6) is 0 Å². The lowest BCUT2D eigenvalue weighted by Gasteiger charge is -2.35. The van der Waals surface area contributed by atoms with Crippen molar-refractivity contribution in [2.24, 2.45) is 5.92 Å². The fourth-order valence-electron chi connectivity index (χ4n) is 3.61. The van der Waals surface area contributed by atoms with Gasteiger partial charge in [-0.15, -0.1) is 5.10 Å². The molecule has 0 spiro atoms. The predicted octanol–water partition coefficient (Wildman–Crippen LogP) is 1.89. The summed E-state index contributed by atoms with van der Waals surface area (Å²) in [5.41, 5.74) is 0. The number of anilines is 1. The van der Waals surface area contributed by atoms with Gasteiger partial charge in [-0.3, -0.25) is 5.10 Å². The minimum absolute atomic E-state index is 0.496. The van der Waals surface area contributed by atoms with Gasteiger partial charge in [-0.05, 0) is 32.6 Å². The van der Waals surface area contributed by atoms with Crippen LogP contribution in [0.3, 0.4) is 0 Å². The van der Waals surface area contributed by atoms with Crippen LogP contribution in [0.1, 0.15) is 51.8 Å². The first-order valence-corrected chi connectivity index (χ1v) is 7.56. The zero-order valence-electron chi connectivity index (χ0n) is 12.2. The maximum absolute atomic E-state index is 4.77. The SMILES string of the molecule is CC1CN(c2n[nH]c(C3CCCC3C)n2)CC(C)N1. The molecule has 2 N–H and O–H groups in total. The first-order chi connectivity index (χ1) is 9.13. The average molecular weight is 263 g/mol. The number of H-pyrrole nitrogens is 1. The van der Waals surface area contributed by atoms with E-state index in [1.807, 2.05) is 0 Å². The highest BCUT2D eigenvalue weighted by molar-refractivity contribution is 5.31. The van der Waals surface area contributed by atoms with Crippen LogP contribution in [0.25, 0.3) is 0 Å². The van der Waals surface area contributed by atoms with Crippen molar-refractivity contribution in [2.75, 3.05) is 18.0 Å². The first-order valence-electron chi connectivity index (χ1n) is 7.56. The Hall–Kier alpha value is -1.10. The Morgan fingerprint density at radius 2 is 1.84 bits per heavy atom. The zero-order valence-corrected chi connectivity index (χ0v) is 12.2. The smallest absolute Gasteiger partial charge is 0.244 e. The minimum atomic E-state index is 0.496. The highest BCUT2D eigenvalue weighted by Gasteiger charge is 2.29. The minimum Gasteiger partial charge on any atom is -0.336 e. The van der Waals surface area contributed by atoms with Gasteiger partial charge >= 0.3 is 0 Å². The monoisotopic (exact) mass is 263 g/mol. The van der Waals surface area contributed by atoms with Gasteiger partial charge in [0, 0.05) is 31.1 Å². The van der Waals surface area contributed by atoms with Crippen LogP contribution in [0.2, 0.25) is 0 Å². The molecule has 1 aromatic heterocycles. The largest absolute Gasteiger partial charge is 0.336 e. The van der Waals surface area contributed by atoms with Gasteiger partial charge in [0.05, 0.1) is 0 Å². The van der Waals surface area contributed by atoms with Crippen molar-refractivity contribution in [3.8, 4) is 0 Å². The summed E-state index contributed by atoms with van der Waals surface area (Å²) >= 11 is 0. The van der Waals surface area contributed by atoms with Gasteiger partial charge in [-0.2, -0.15) is 4.98 Å². The summed E-state index contributed by atoms with van der Waals surface area (Å²) in [7, 11) is 0. The van der Waals surface area contributed by atoms with E-state index in [1.54, 1.807) is 0 Å². The van der Waals surface area contributed by atoms with Crippen molar-refractivity contribution in [1.82, 2.24) is 20.5 Å². The molecule has 2 heterocycles. The maximum Gasteiger partial charge on any atom is 0.244 e. The molecule has 1 saturated carbocycles. The van der Waals surface area contributed by atoms with E-state index < -0.39 is 0 Å². The Morgan fingerprint density at radius 3 is 2.47 bits per heavy atom. The van der Waals surface area contributed by atoms with E-state index in [0.29, 0.717) is 18.0 Å². The van der Waals surface area contributed by atoms with E-state index in [0.717, 1.165) is 30.8 Å². The van der Waals surface area contributed by atoms with Crippen LogP contribution in [-0.4, -0.2) is 40.4 Å². The normalized spacial score (nSPS) is 35.8. The second kappa shape index (κ2) is 5.12. The number of nitrogens with zero attached hydrogens (tertiary/aromatic N) is 3. The number of aromatic amines is 1. The molecule has 3 rings (SSSR count). The van der Waals surface area contributed by atoms with Crippen molar-refractivity contribution in [2.45, 2.75) is 58.0 Å². The molecule has 0 aromatic carbocycles. The fourth-order valence-corrected chi connectivity index (χ4v) is 3.61. The maximum atomic E-state index is 4.77. The molecule has 4 unspecified atom stereocenters. The molecule has 1 saturated heterocycles. The Morgan fingerprint density at radius 1 is 1.11 bits per heavy atom. The van der Waals surface area contributed by atoms with Gasteiger partial charge in [0.1, 0.15) is 5.82 Å². The van der Waals surface area contributed by atoms with E-state index in [2.05, 4.69) is 41.2 Å². The molecule has 5 nitrogen and oxygen atoms in total. The molecule has 0 bridgehead atoms. The molecule has 4 atom stereocenters. The van der Waals surface area contributed by atoms with E-state index in [4.69, 9.17) is 4.98 Å². The summed E-state index contributed by atoms with van der Waals surface area (Å²) in [6.07, 6.45) is 3.90. The van der Waals surface area contributed by atoms with Crippen molar-refractivity contribution < 1.29 is 0 Å². The summed E-state index contributed by atoms with van der Waals surface area (Å²) in [6.45, 7) is 8.74. The van der Waals surface area contributed by atoms with E-state index in [9.17, 15) is 0 Å². The van der Waals surface area contributed by atoms with Gasteiger partial charge in [0.25, 0.3) is 0 Å². The fraction of sp³-hybridized carbons (Fsp3) is 0.857. The van der Waals surface area contributed by atoms with Crippen LogP contribution in [0.4, 0.5) is 5.95 Å². The Balaban J connectivity index is 1.73. The number of hydrogen-bond donors (Lipinski definition) is 2. The molecule has 0 amide bonds. The molecule has 2 aliphatic rings. The number of nitrogens with one attached hydrogen (secondary N) is 2. The molecular formula is C14H25N5. The highest BCUT2D eigenvalue weighted by atomic mass is 15.4. The van der Waals surface area contributed by atoms with Crippen LogP contribution in [-0.2, 0) is 0 Å². The molecule has 106 valence electrons. The van der Waals surface area contributed by atoms with Crippen molar-refractivity contribution in [1.29, 1.82) is 0 Å². The quantitative estimate of drug-likeness (QED) is 0.855. The van der Waals surface area contributed by atoms with Crippen LogP contribution in [0.15, 0.2) is 0 Å². The molecule has 0 radical (unpaired) electrons. The summed E-state index contributed by atoms with van der Waals surface area (Å²) in [6, 6.07) is 0.993. The topological polar surface area (TPSA) is 56.8 Å². The Labute approximate surface area is 115 Å². The van der Waals surface area contributed by atoms with E-state index in [-0.39, 0.29) is 0 Å². The molecule has 1 aromatic rings. The first kappa shape index (κ1) is 12.9. The predicted molar refractivity (Wildman–Crippen MR) is 76.4 cm³/mol. The lowest BCUT2D eigenvalue weighted by Crippen LogP contribution is -2.54. The number of piperazine rings is 1. The van der Waals surface area contributed by atoms with Crippen LogP contribution < -0.4 is 10.2 Å². The number of rotatable bonds is 2. The summed E-state index contributed by atoms with van der Waals surface area (Å²) in [4.78, 5) is 7.06. The molecule has 1 aliphatic heterocycles. The second-order valence-electron chi connectivity index (χ2n) is 6.41. The third-order valence-corrected chi connectivity index (χ3v) is 4.54. The summed E-state index contributed by atoms with van der Waals surface area (Å²) in [5.74, 6) is 3.30. The molecule has 2 fully saturated rings. The van der Waals surface area contributed by atoms with Crippen LogP contribution >= 0.6 is 0 Å². The zero-order chi connectivity index (χ0) is 13.4. The lowest BCUT2D eigenvalue weighted by atomic mass is 9.98. The van der Waals surface area contributed by atoms with Gasteiger partial charge < -0.3 is 10.2 Å². The van der Waals surface area contributed by atoms with Crippen molar-refractivity contribution in [3.05, 3.63) is 5.82 Å². The van der Waals surface area contributed by atoms with Crippen molar-refractivity contribution >= 4 is 5.95 Å². The highest BCUT2D eigenvalue weighted by Crippen LogP contribution is 2.37. The van der Waals surface area contributed by atoms with E-state index >= 15 is 0 Å². The van der Waals surface area contributed by atoms with Gasteiger partial charge in [-0.25, -0.2) is 0 Å². The molecular weight excluding hydrogens is 238 g/mol. The lowest BCUT2D eigenvalue weighted by molar-refractivity contribution is 0.403. The molecule has 19 heavy (non-hydrogen) atoms. The van der Waals surface area contributed by atoms with Crippen LogP contribution in [0, 0.1) is 5.92 Å². The Kier molecular flexibility index (Phi) is 3.48. The standard InChI is InChI=1S/C14H25N5/c1-9-5-4-6-12(9)13-16-14(18-17-13)19-7-10(2)15-11(3)8-19/h9-12,15H,4-8H2,1-3H3,(H,16,17,18). The number of hydrogen-bond acceptors (Lipinski definition) is 4. The number of aromatic nitrogens is 3. The average Bonchev–Trinajstić information content (AvgIpc) is 2.95. The summed E-state index contributed by atoms with van der Waals surface area (Å²) < 4.78 is 0. The van der Waals surface area contributed by atoms with Gasteiger partial charge in [0.2, 0.25) is 5.95 Å². The van der Waals surface area contributed by atoms with Gasteiger partial charge in [-0.1, -0.05) is 13.3 Å². The summed E-state index contributed by atoms with van der Waals surface area (Å²) in [5, 5.41) is 11.2. The van der Waals surface area contributed by atoms with Crippen molar-refractivity contribution in [3.63, 3.8) is 0 Å². The van der Waals surface area contributed by atoms with Gasteiger partial charge in [0.15, 0.2) is 0 Å². The second-order valence-corrected chi connectivity index (χ2v) is 6.41. The third kappa shape index (κ3) is 2.61.